The molecule has 2 aromatic carbocycles. The van der Waals surface area contributed by atoms with Crippen molar-refractivity contribution in [3.05, 3.63) is 65.0 Å². The molecule has 0 unspecified atom stereocenters. The lowest BCUT2D eigenvalue weighted by Crippen LogP contribution is -2.13. The van der Waals surface area contributed by atoms with Gasteiger partial charge < -0.3 is 15.2 Å². The zero-order valence-electron chi connectivity index (χ0n) is 12.8. The Kier molecular flexibility index (Phi) is 5.45. The number of nitrogens with zero attached hydrogens (tertiary/aromatic N) is 2. The Morgan fingerprint density at radius 1 is 1.29 bits per heavy atom. The van der Waals surface area contributed by atoms with Gasteiger partial charge in [-0.15, -0.1) is 5.10 Å². The molecule has 24 heavy (non-hydrogen) atoms. The highest BCUT2D eigenvalue weighted by atomic mass is 32.2. The lowest BCUT2D eigenvalue weighted by molar-refractivity contribution is -0.0166. The van der Waals surface area contributed by atoms with Gasteiger partial charge in [0.1, 0.15) is 11.6 Å². The van der Waals surface area contributed by atoms with Gasteiger partial charge in [-0.05, 0) is 17.7 Å². The molecule has 0 fully saturated rings. The maximum absolute atomic E-state index is 13.6. The van der Waals surface area contributed by atoms with Crippen molar-refractivity contribution in [3.8, 4) is 5.75 Å². The van der Waals surface area contributed by atoms with Crippen LogP contribution in [0, 0.1) is 5.82 Å². The highest BCUT2D eigenvalue weighted by Gasteiger charge is 2.15. The Morgan fingerprint density at radius 3 is 2.96 bits per heavy atom. The first-order chi connectivity index (χ1) is 11.7. The van der Waals surface area contributed by atoms with E-state index in [1.54, 1.807) is 0 Å². The summed E-state index contributed by atoms with van der Waals surface area (Å²) in [6.07, 6.45) is 1.43. The van der Waals surface area contributed by atoms with Crippen LogP contribution in [0.15, 0.2) is 52.7 Å². The van der Waals surface area contributed by atoms with Gasteiger partial charge in [0.15, 0.2) is 12.0 Å². The number of rotatable bonds is 4. The first-order valence-electron chi connectivity index (χ1n) is 7.28. The molecule has 1 aliphatic rings. The average molecular weight is 345 g/mol. The summed E-state index contributed by atoms with van der Waals surface area (Å²) in [5, 5.41) is 8.20. The normalized spacial score (nSPS) is 14.5. The third kappa shape index (κ3) is 4.33. The van der Waals surface area contributed by atoms with E-state index in [0.29, 0.717) is 34.4 Å². The maximum Gasteiger partial charge on any atom is 0.189 e. The van der Waals surface area contributed by atoms with Crippen molar-refractivity contribution in [2.45, 2.75) is 12.4 Å². The van der Waals surface area contributed by atoms with E-state index < -0.39 is 0 Å². The number of thioether (sulfide) groups is 1. The van der Waals surface area contributed by atoms with E-state index in [1.807, 2.05) is 30.3 Å². The molecule has 2 aromatic rings. The van der Waals surface area contributed by atoms with Crippen molar-refractivity contribution in [2.24, 2.45) is 15.9 Å². The van der Waals surface area contributed by atoms with Crippen LogP contribution in [-0.2, 0) is 17.1 Å². The van der Waals surface area contributed by atoms with E-state index >= 15 is 0 Å². The van der Waals surface area contributed by atoms with Crippen LogP contribution in [0.3, 0.4) is 0 Å². The van der Waals surface area contributed by atoms with Crippen LogP contribution in [0.25, 0.3) is 0 Å². The van der Waals surface area contributed by atoms with Crippen LogP contribution < -0.4 is 10.5 Å². The van der Waals surface area contributed by atoms with Gasteiger partial charge in [0.05, 0.1) is 12.8 Å². The minimum atomic E-state index is -0.375. The van der Waals surface area contributed by atoms with Crippen molar-refractivity contribution >= 4 is 23.1 Å². The number of hydrogen-bond acceptors (Lipinski definition) is 5. The highest BCUT2D eigenvalue weighted by Crippen LogP contribution is 2.28. The summed E-state index contributed by atoms with van der Waals surface area (Å²) in [5.74, 6) is 0.901. The van der Waals surface area contributed by atoms with Gasteiger partial charge in [0.25, 0.3) is 0 Å². The van der Waals surface area contributed by atoms with Gasteiger partial charge in [0, 0.05) is 16.9 Å². The van der Waals surface area contributed by atoms with Crippen LogP contribution in [0.4, 0.5) is 4.39 Å². The fourth-order valence-corrected chi connectivity index (χ4v) is 2.82. The summed E-state index contributed by atoms with van der Waals surface area (Å²) in [5.41, 5.74) is 8.14. The Labute approximate surface area is 143 Å². The third-order valence-electron chi connectivity index (χ3n) is 3.29. The average Bonchev–Trinajstić information content (AvgIpc) is 2.60. The van der Waals surface area contributed by atoms with Crippen LogP contribution in [0.1, 0.15) is 16.7 Å². The van der Waals surface area contributed by atoms with Crippen LogP contribution in [-0.4, -0.2) is 18.2 Å². The molecule has 124 valence electrons. The largest absolute Gasteiger partial charge is 0.466 e. The Morgan fingerprint density at radius 2 is 2.12 bits per heavy atom. The summed E-state index contributed by atoms with van der Waals surface area (Å²) in [7, 11) is 0. The van der Waals surface area contributed by atoms with Crippen molar-refractivity contribution in [1.29, 1.82) is 0 Å². The smallest absolute Gasteiger partial charge is 0.189 e. The lowest BCUT2D eigenvalue weighted by Gasteiger charge is -2.19. The Balaban J connectivity index is 1.66. The summed E-state index contributed by atoms with van der Waals surface area (Å²) < 4.78 is 24.2. The minimum Gasteiger partial charge on any atom is -0.466 e. The third-order valence-corrected chi connectivity index (χ3v) is 4.14. The molecule has 0 radical (unpaired) electrons. The van der Waals surface area contributed by atoms with E-state index in [4.69, 9.17) is 15.2 Å². The number of ether oxygens (including phenoxy) is 2. The van der Waals surface area contributed by atoms with Gasteiger partial charge >= 0.3 is 0 Å². The lowest BCUT2D eigenvalue weighted by atomic mass is 10.1. The number of amidine groups is 1. The predicted molar refractivity (Wildman–Crippen MR) is 93.6 cm³/mol. The second-order valence-corrected chi connectivity index (χ2v) is 6.05. The monoisotopic (exact) mass is 345 g/mol. The Bertz CT molecular complexity index is 766. The quantitative estimate of drug-likeness (QED) is 0.524. The van der Waals surface area contributed by atoms with Crippen molar-refractivity contribution in [1.82, 2.24) is 0 Å². The fourth-order valence-electron chi connectivity index (χ4n) is 2.21. The maximum atomic E-state index is 13.6. The molecule has 0 amide bonds. The van der Waals surface area contributed by atoms with Crippen LogP contribution >= 0.6 is 11.8 Å². The zero-order chi connectivity index (χ0) is 16.8. The van der Waals surface area contributed by atoms with E-state index in [2.05, 4.69) is 10.2 Å². The molecule has 0 aromatic heterocycles. The van der Waals surface area contributed by atoms with Crippen LogP contribution in [0.2, 0.25) is 0 Å². The topological polar surface area (TPSA) is 69.2 Å². The molecule has 0 atom stereocenters. The van der Waals surface area contributed by atoms with Gasteiger partial charge in [-0.1, -0.05) is 42.1 Å². The molecule has 1 heterocycles. The first kappa shape index (κ1) is 16.5. The second-order valence-electron chi connectivity index (χ2n) is 5.05. The molecule has 1 aliphatic heterocycles. The first-order valence-corrected chi connectivity index (χ1v) is 8.27. The molecule has 5 nitrogen and oxygen atoms in total. The van der Waals surface area contributed by atoms with Crippen molar-refractivity contribution in [3.63, 3.8) is 0 Å². The molecule has 0 saturated heterocycles. The molecule has 2 N–H and O–H groups in total. The van der Waals surface area contributed by atoms with Crippen molar-refractivity contribution in [2.75, 3.05) is 6.79 Å². The molecular formula is C17H16FN3O2S. The number of hydrogen-bond donors (Lipinski definition) is 1. The van der Waals surface area contributed by atoms with E-state index in [-0.39, 0.29) is 12.6 Å². The van der Waals surface area contributed by atoms with Gasteiger partial charge in [-0.3, -0.25) is 0 Å². The summed E-state index contributed by atoms with van der Waals surface area (Å²) in [6, 6.07) is 12.7. The number of fused-ring (bicyclic) bond motifs is 1. The molecule has 0 saturated carbocycles. The molecule has 0 spiro atoms. The number of benzene rings is 2. The number of halogens is 1. The molecule has 0 bridgehead atoms. The van der Waals surface area contributed by atoms with Gasteiger partial charge in [0.2, 0.25) is 0 Å². The highest BCUT2D eigenvalue weighted by molar-refractivity contribution is 8.13. The molecule has 0 aliphatic carbocycles. The van der Waals surface area contributed by atoms with Gasteiger partial charge in [-0.2, -0.15) is 5.10 Å². The zero-order valence-corrected chi connectivity index (χ0v) is 13.6. The summed E-state index contributed by atoms with van der Waals surface area (Å²) in [6.45, 7) is 0.448. The number of nitrogens with two attached hydrogens (primary N) is 1. The van der Waals surface area contributed by atoms with E-state index in [9.17, 15) is 4.39 Å². The Hall–Kier alpha value is -2.38. The predicted octanol–water partition coefficient (Wildman–Crippen LogP) is 3.27. The van der Waals surface area contributed by atoms with Crippen molar-refractivity contribution < 1.29 is 13.9 Å². The molecule has 3 rings (SSSR count). The van der Waals surface area contributed by atoms with Gasteiger partial charge in [-0.25, -0.2) is 4.39 Å². The standard InChI is InChI=1S/C17H16FN3O2S/c18-15-6-13(16-14(7-15)9-22-11-23-16)8-20-21-17(19)24-10-12-4-2-1-3-5-12/h1-8H,9-11H2,(H2,19,21). The molecule has 7 heteroatoms. The summed E-state index contributed by atoms with van der Waals surface area (Å²) >= 11 is 1.39. The minimum absolute atomic E-state index is 0.137. The second kappa shape index (κ2) is 7.94. The molecular weight excluding hydrogens is 329 g/mol. The summed E-state index contributed by atoms with van der Waals surface area (Å²) in [4.78, 5) is 0. The fraction of sp³-hybridized carbons (Fsp3) is 0.176. The van der Waals surface area contributed by atoms with E-state index in [0.717, 1.165) is 5.56 Å². The van der Waals surface area contributed by atoms with E-state index in [1.165, 1.54) is 30.1 Å². The van der Waals surface area contributed by atoms with Crippen LogP contribution in [0.5, 0.6) is 5.75 Å². The SMILES string of the molecule is NC(=NN=Cc1cc(F)cc2c1OCOC2)SCc1ccccc1.